The maximum atomic E-state index is 13.6. The fourth-order valence-electron chi connectivity index (χ4n) is 7.03. The van der Waals surface area contributed by atoms with Gasteiger partial charge in [0.15, 0.2) is 0 Å². The molecule has 3 aliphatic rings. The molecule has 3 heterocycles. The number of rotatable bonds is 7. The van der Waals surface area contributed by atoms with Crippen molar-refractivity contribution in [2.45, 2.75) is 31.7 Å². The second-order valence-corrected chi connectivity index (χ2v) is 12.8. The van der Waals surface area contributed by atoms with Crippen LogP contribution in [0.5, 0.6) is 5.75 Å². The van der Waals surface area contributed by atoms with Crippen molar-refractivity contribution in [2.75, 3.05) is 46.4 Å². The van der Waals surface area contributed by atoms with Crippen LogP contribution in [0.1, 0.15) is 46.7 Å². The van der Waals surface area contributed by atoms with Gasteiger partial charge >= 0.3 is 0 Å². The highest BCUT2D eigenvalue weighted by Crippen LogP contribution is 2.43. The van der Waals surface area contributed by atoms with E-state index in [1.54, 1.807) is 7.11 Å². The minimum absolute atomic E-state index is 0. The molecule has 222 valence electrons. The SMILES string of the molecule is COc1ccc(C(=O)N2CC(CN3CCC4(CC3)CCN(Cc3ccc(Br)cc3)C4=O)C(c3ccccc3)C2)cc1.Cl. The quantitative estimate of drug-likeness (QED) is 0.303. The van der Waals surface area contributed by atoms with Gasteiger partial charge in [-0.2, -0.15) is 0 Å². The van der Waals surface area contributed by atoms with E-state index in [0.29, 0.717) is 29.9 Å². The van der Waals surface area contributed by atoms with Crippen LogP contribution >= 0.6 is 28.3 Å². The molecule has 3 aromatic rings. The fourth-order valence-corrected chi connectivity index (χ4v) is 7.29. The summed E-state index contributed by atoms with van der Waals surface area (Å²) in [5.74, 6) is 1.81. The van der Waals surface area contributed by atoms with Crippen LogP contribution in [0.3, 0.4) is 0 Å². The molecule has 1 spiro atoms. The summed E-state index contributed by atoms with van der Waals surface area (Å²) in [4.78, 5) is 33.7. The molecule has 8 heteroatoms. The Morgan fingerprint density at radius 2 is 1.57 bits per heavy atom. The zero-order valence-electron chi connectivity index (χ0n) is 24.1. The van der Waals surface area contributed by atoms with Crippen molar-refractivity contribution in [1.29, 1.82) is 0 Å². The number of benzene rings is 3. The van der Waals surface area contributed by atoms with Crippen molar-refractivity contribution >= 4 is 40.2 Å². The number of carbonyl (C=O) groups excluding carboxylic acids is 2. The Kier molecular flexibility index (Phi) is 9.60. The molecule has 0 aliphatic carbocycles. The van der Waals surface area contributed by atoms with Crippen molar-refractivity contribution in [3.8, 4) is 5.75 Å². The molecule has 3 aromatic carbocycles. The highest BCUT2D eigenvalue weighted by Gasteiger charge is 2.48. The second kappa shape index (κ2) is 13.2. The van der Waals surface area contributed by atoms with Crippen LogP contribution < -0.4 is 4.74 Å². The minimum atomic E-state index is -0.212. The van der Waals surface area contributed by atoms with E-state index in [1.807, 2.05) is 41.3 Å². The van der Waals surface area contributed by atoms with Gasteiger partial charge in [0, 0.05) is 48.7 Å². The number of likely N-dealkylation sites (tertiary alicyclic amines) is 3. The lowest BCUT2D eigenvalue weighted by atomic mass is 9.76. The summed E-state index contributed by atoms with van der Waals surface area (Å²) in [6.07, 6.45) is 2.79. The molecule has 6 rings (SSSR count). The summed E-state index contributed by atoms with van der Waals surface area (Å²) < 4.78 is 6.33. The topological polar surface area (TPSA) is 53.1 Å². The van der Waals surface area contributed by atoms with Gasteiger partial charge in [0.2, 0.25) is 5.91 Å². The molecular formula is C34H39BrClN3O3. The maximum Gasteiger partial charge on any atom is 0.253 e. The molecule has 3 aliphatic heterocycles. The lowest BCUT2D eigenvalue weighted by molar-refractivity contribution is -0.139. The van der Waals surface area contributed by atoms with Gasteiger partial charge in [0.1, 0.15) is 5.75 Å². The average molecular weight is 653 g/mol. The van der Waals surface area contributed by atoms with Crippen LogP contribution in [-0.2, 0) is 11.3 Å². The number of nitrogens with zero attached hydrogens (tertiary/aromatic N) is 3. The van der Waals surface area contributed by atoms with Gasteiger partial charge in [0.05, 0.1) is 12.5 Å². The monoisotopic (exact) mass is 651 g/mol. The number of ether oxygens (including phenoxy) is 1. The van der Waals surface area contributed by atoms with E-state index in [-0.39, 0.29) is 23.7 Å². The molecule has 3 saturated heterocycles. The predicted octanol–water partition coefficient (Wildman–Crippen LogP) is 6.25. The third kappa shape index (κ3) is 6.38. The van der Waals surface area contributed by atoms with Gasteiger partial charge in [-0.05, 0) is 85.8 Å². The molecule has 3 fully saturated rings. The van der Waals surface area contributed by atoms with Gasteiger partial charge in [0.25, 0.3) is 5.91 Å². The number of halogens is 2. The highest BCUT2D eigenvalue weighted by atomic mass is 79.9. The summed E-state index contributed by atoms with van der Waals surface area (Å²) in [7, 11) is 1.64. The van der Waals surface area contributed by atoms with Crippen LogP contribution in [0.15, 0.2) is 83.3 Å². The van der Waals surface area contributed by atoms with Gasteiger partial charge < -0.3 is 19.4 Å². The van der Waals surface area contributed by atoms with Crippen LogP contribution in [-0.4, -0.2) is 72.9 Å². The van der Waals surface area contributed by atoms with Crippen LogP contribution in [0, 0.1) is 11.3 Å². The first-order valence-electron chi connectivity index (χ1n) is 14.7. The van der Waals surface area contributed by atoms with E-state index in [4.69, 9.17) is 4.74 Å². The third-order valence-corrected chi connectivity index (χ3v) is 10.0. The lowest BCUT2D eigenvalue weighted by Gasteiger charge is -2.39. The van der Waals surface area contributed by atoms with Crippen molar-refractivity contribution < 1.29 is 14.3 Å². The van der Waals surface area contributed by atoms with E-state index in [1.165, 1.54) is 11.1 Å². The van der Waals surface area contributed by atoms with E-state index in [0.717, 1.165) is 68.8 Å². The zero-order chi connectivity index (χ0) is 28.4. The van der Waals surface area contributed by atoms with Crippen LogP contribution in [0.4, 0.5) is 0 Å². The average Bonchev–Trinajstić information content (AvgIpc) is 3.56. The molecule has 6 nitrogen and oxygen atoms in total. The molecule has 0 saturated carbocycles. The number of amides is 2. The molecule has 0 bridgehead atoms. The summed E-state index contributed by atoms with van der Waals surface area (Å²) in [5.41, 5.74) is 2.96. The molecule has 42 heavy (non-hydrogen) atoms. The summed E-state index contributed by atoms with van der Waals surface area (Å²) >= 11 is 3.50. The first-order chi connectivity index (χ1) is 19.9. The van der Waals surface area contributed by atoms with Gasteiger partial charge in [-0.15, -0.1) is 12.4 Å². The summed E-state index contributed by atoms with van der Waals surface area (Å²) in [5, 5.41) is 0. The molecule has 2 unspecified atom stereocenters. The smallest absolute Gasteiger partial charge is 0.253 e. The van der Waals surface area contributed by atoms with Crippen molar-refractivity contribution in [3.05, 3.63) is 100 Å². The molecule has 2 atom stereocenters. The normalized spacial score (nSPS) is 21.9. The standard InChI is InChI=1S/C34H38BrN3O3.ClH/c1-41-30-13-9-27(10-14-30)32(39)38-23-28(31(24-38)26-5-3-2-4-6-26)22-36-18-15-34(16-19-36)17-20-37(33(34)40)21-25-7-11-29(35)12-8-25;/h2-14,28,31H,15-24H2,1H3;1H. The number of hydrogen-bond acceptors (Lipinski definition) is 4. The number of piperidine rings is 1. The highest BCUT2D eigenvalue weighted by molar-refractivity contribution is 9.10. The van der Waals surface area contributed by atoms with Crippen LogP contribution in [0.2, 0.25) is 0 Å². The maximum absolute atomic E-state index is 13.6. The Hall–Kier alpha value is -2.87. The van der Waals surface area contributed by atoms with Crippen molar-refractivity contribution in [1.82, 2.24) is 14.7 Å². The number of hydrogen-bond donors (Lipinski definition) is 0. The fraction of sp³-hybridized carbons (Fsp3) is 0.412. The third-order valence-electron chi connectivity index (χ3n) is 9.49. The Bertz CT molecular complexity index is 1360. The number of methoxy groups -OCH3 is 1. The molecule has 0 aromatic heterocycles. The van der Waals surface area contributed by atoms with Gasteiger partial charge in [-0.3, -0.25) is 9.59 Å². The Balaban J connectivity index is 0.00000353. The van der Waals surface area contributed by atoms with Gasteiger partial charge in [-0.25, -0.2) is 0 Å². The Morgan fingerprint density at radius 3 is 2.24 bits per heavy atom. The van der Waals surface area contributed by atoms with Crippen molar-refractivity contribution in [2.24, 2.45) is 11.3 Å². The largest absolute Gasteiger partial charge is 0.497 e. The molecule has 0 radical (unpaired) electrons. The minimum Gasteiger partial charge on any atom is -0.497 e. The molecular weight excluding hydrogens is 614 g/mol. The molecule has 0 N–H and O–H groups in total. The second-order valence-electron chi connectivity index (χ2n) is 11.9. The first-order valence-corrected chi connectivity index (χ1v) is 15.5. The summed E-state index contributed by atoms with van der Waals surface area (Å²) in [6.45, 7) is 5.81. The van der Waals surface area contributed by atoms with E-state index < -0.39 is 0 Å². The number of carbonyl (C=O) groups is 2. The molecule has 2 amide bonds. The van der Waals surface area contributed by atoms with E-state index in [9.17, 15) is 9.59 Å². The lowest BCUT2D eigenvalue weighted by Crippen LogP contribution is -2.46. The van der Waals surface area contributed by atoms with E-state index in [2.05, 4.69) is 68.2 Å². The van der Waals surface area contributed by atoms with Crippen molar-refractivity contribution in [3.63, 3.8) is 0 Å². The zero-order valence-corrected chi connectivity index (χ0v) is 26.5. The van der Waals surface area contributed by atoms with Gasteiger partial charge in [-0.1, -0.05) is 58.4 Å². The summed E-state index contributed by atoms with van der Waals surface area (Å²) in [6, 6.07) is 26.3. The first kappa shape index (κ1) is 30.6. The predicted molar refractivity (Wildman–Crippen MR) is 171 cm³/mol. The van der Waals surface area contributed by atoms with Crippen LogP contribution in [0.25, 0.3) is 0 Å². The Morgan fingerprint density at radius 1 is 0.905 bits per heavy atom. The van der Waals surface area contributed by atoms with E-state index >= 15 is 0 Å². The Labute approximate surface area is 263 Å².